The van der Waals surface area contributed by atoms with Gasteiger partial charge < -0.3 is 10.6 Å². The van der Waals surface area contributed by atoms with Crippen molar-refractivity contribution in [3.05, 3.63) is 44.7 Å². The minimum absolute atomic E-state index is 0.0629. The van der Waals surface area contributed by atoms with Crippen LogP contribution in [0.15, 0.2) is 34.2 Å². The second-order valence-corrected chi connectivity index (χ2v) is 5.78. The zero-order valence-electron chi connectivity index (χ0n) is 9.76. The maximum Gasteiger partial charge on any atom is 0.255 e. The zero-order chi connectivity index (χ0) is 13.1. The van der Waals surface area contributed by atoms with Crippen molar-refractivity contribution in [2.24, 2.45) is 0 Å². The molecule has 2 rings (SSSR count). The van der Waals surface area contributed by atoms with Gasteiger partial charge in [-0.1, -0.05) is 0 Å². The van der Waals surface area contributed by atoms with Crippen molar-refractivity contribution in [1.82, 2.24) is 9.88 Å². The fourth-order valence-corrected chi connectivity index (χ4v) is 3.00. The maximum absolute atomic E-state index is 12.1. The van der Waals surface area contributed by atoms with E-state index in [4.69, 9.17) is 5.73 Å². The van der Waals surface area contributed by atoms with Gasteiger partial charge in [0.1, 0.15) is 5.82 Å². The number of nitrogen functional groups attached to an aromatic ring is 1. The van der Waals surface area contributed by atoms with Crippen LogP contribution in [0.1, 0.15) is 15.2 Å². The number of halogens is 1. The first kappa shape index (κ1) is 13.0. The monoisotopic (exact) mass is 325 g/mol. The van der Waals surface area contributed by atoms with Crippen molar-refractivity contribution >= 4 is 39.0 Å². The molecule has 4 nitrogen and oxygen atoms in total. The van der Waals surface area contributed by atoms with E-state index in [1.165, 1.54) is 6.20 Å². The highest BCUT2D eigenvalue weighted by atomic mass is 79.9. The molecule has 2 N–H and O–H groups in total. The highest BCUT2D eigenvalue weighted by molar-refractivity contribution is 9.10. The third-order valence-corrected chi connectivity index (χ3v) is 4.08. The van der Waals surface area contributed by atoms with E-state index in [1.807, 2.05) is 11.4 Å². The minimum Gasteiger partial charge on any atom is -0.384 e. The van der Waals surface area contributed by atoms with Crippen molar-refractivity contribution in [1.29, 1.82) is 0 Å². The summed E-state index contributed by atoms with van der Waals surface area (Å²) < 4.78 is 1.04. The van der Waals surface area contributed by atoms with Crippen LogP contribution in [-0.4, -0.2) is 22.8 Å². The minimum atomic E-state index is -0.0629. The highest BCUT2D eigenvalue weighted by Gasteiger charge is 2.13. The topological polar surface area (TPSA) is 59.2 Å². The SMILES string of the molecule is CN(Cc1cc(Br)cs1)C(=O)c1ccc(N)nc1. The largest absolute Gasteiger partial charge is 0.384 e. The van der Waals surface area contributed by atoms with Gasteiger partial charge in [-0.15, -0.1) is 11.3 Å². The summed E-state index contributed by atoms with van der Waals surface area (Å²) in [6, 6.07) is 5.32. The fraction of sp³-hybridized carbons (Fsp3) is 0.167. The van der Waals surface area contributed by atoms with Crippen LogP contribution in [0.4, 0.5) is 5.82 Å². The number of thiophene rings is 1. The van der Waals surface area contributed by atoms with Crippen LogP contribution in [0, 0.1) is 0 Å². The number of nitrogens with two attached hydrogens (primary N) is 1. The quantitative estimate of drug-likeness (QED) is 0.943. The van der Waals surface area contributed by atoms with Gasteiger partial charge >= 0.3 is 0 Å². The summed E-state index contributed by atoms with van der Waals surface area (Å²) in [6.45, 7) is 0.583. The summed E-state index contributed by atoms with van der Waals surface area (Å²) in [6.07, 6.45) is 1.50. The number of amides is 1. The van der Waals surface area contributed by atoms with Crippen molar-refractivity contribution in [2.75, 3.05) is 12.8 Å². The second kappa shape index (κ2) is 5.49. The predicted molar refractivity (Wildman–Crippen MR) is 76.5 cm³/mol. The Labute approximate surface area is 118 Å². The summed E-state index contributed by atoms with van der Waals surface area (Å²) in [5, 5.41) is 2.00. The van der Waals surface area contributed by atoms with Gasteiger partial charge in [0.05, 0.1) is 12.1 Å². The summed E-state index contributed by atoms with van der Waals surface area (Å²) in [5.74, 6) is 0.350. The Morgan fingerprint density at radius 1 is 1.56 bits per heavy atom. The van der Waals surface area contributed by atoms with Crippen LogP contribution in [0.3, 0.4) is 0 Å². The lowest BCUT2D eigenvalue weighted by molar-refractivity contribution is 0.0786. The summed E-state index contributed by atoms with van der Waals surface area (Å²) in [5.41, 5.74) is 6.03. The molecule has 0 aliphatic heterocycles. The molecule has 2 aromatic heterocycles. The third-order valence-electron chi connectivity index (χ3n) is 2.39. The number of rotatable bonds is 3. The number of carbonyl (C=O) groups is 1. The van der Waals surface area contributed by atoms with Gasteiger partial charge in [0.15, 0.2) is 0 Å². The number of carbonyl (C=O) groups excluding carboxylic acids is 1. The Balaban J connectivity index is 2.07. The lowest BCUT2D eigenvalue weighted by Gasteiger charge is -2.16. The molecule has 0 atom stereocenters. The van der Waals surface area contributed by atoms with Crippen LogP contribution in [0.25, 0.3) is 0 Å². The van der Waals surface area contributed by atoms with Crippen LogP contribution < -0.4 is 5.73 Å². The number of nitrogens with zero attached hydrogens (tertiary/aromatic N) is 2. The number of hydrogen-bond donors (Lipinski definition) is 1. The maximum atomic E-state index is 12.1. The molecule has 2 heterocycles. The number of anilines is 1. The van der Waals surface area contributed by atoms with Gasteiger partial charge in [-0.2, -0.15) is 0 Å². The van der Waals surface area contributed by atoms with Gasteiger partial charge in [-0.05, 0) is 34.1 Å². The summed E-state index contributed by atoms with van der Waals surface area (Å²) in [7, 11) is 1.77. The lowest BCUT2D eigenvalue weighted by Crippen LogP contribution is -2.25. The lowest BCUT2D eigenvalue weighted by atomic mass is 10.2. The first-order valence-electron chi connectivity index (χ1n) is 5.26. The number of pyridine rings is 1. The van der Waals surface area contributed by atoms with E-state index in [0.717, 1.165) is 9.35 Å². The molecule has 18 heavy (non-hydrogen) atoms. The van der Waals surface area contributed by atoms with Gasteiger partial charge in [-0.3, -0.25) is 4.79 Å². The fourth-order valence-electron chi connectivity index (χ4n) is 1.49. The predicted octanol–water partition coefficient (Wildman–Crippen LogP) is 2.76. The van der Waals surface area contributed by atoms with Gasteiger partial charge in [0, 0.05) is 28.0 Å². The number of hydrogen-bond acceptors (Lipinski definition) is 4. The molecule has 0 aliphatic rings. The van der Waals surface area contributed by atoms with Crippen LogP contribution in [-0.2, 0) is 6.54 Å². The highest BCUT2D eigenvalue weighted by Crippen LogP contribution is 2.21. The average molecular weight is 326 g/mol. The zero-order valence-corrected chi connectivity index (χ0v) is 12.2. The second-order valence-electron chi connectivity index (χ2n) is 3.86. The van der Waals surface area contributed by atoms with Crippen LogP contribution >= 0.6 is 27.3 Å². The first-order chi connectivity index (χ1) is 8.56. The molecule has 0 saturated carbocycles. The Kier molecular flexibility index (Phi) is 3.98. The van der Waals surface area contributed by atoms with E-state index < -0.39 is 0 Å². The third kappa shape index (κ3) is 3.08. The average Bonchev–Trinajstić information content (AvgIpc) is 2.75. The van der Waals surface area contributed by atoms with Gasteiger partial charge in [0.2, 0.25) is 0 Å². The van der Waals surface area contributed by atoms with Crippen LogP contribution in [0.2, 0.25) is 0 Å². The molecule has 0 aromatic carbocycles. The van der Waals surface area contributed by atoms with E-state index in [2.05, 4.69) is 20.9 Å². The molecule has 0 bridgehead atoms. The molecule has 1 amide bonds. The van der Waals surface area contributed by atoms with Crippen molar-refractivity contribution in [3.63, 3.8) is 0 Å². The molecule has 0 spiro atoms. The molecule has 0 radical (unpaired) electrons. The van der Waals surface area contributed by atoms with E-state index in [1.54, 1.807) is 35.4 Å². The van der Waals surface area contributed by atoms with Crippen LogP contribution in [0.5, 0.6) is 0 Å². The molecule has 6 heteroatoms. The molecule has 0 saturated heterocycles. The molecular weight excluding hydrogens is 314 g/mol. The normalized spacial score (nSPS) is 10.3. The molecule has 94 valence electrons. The Morgan fingerprint density at radius 2 is 2.33 bits per heavy atom. The number of aromatic nitrogens is 1. The molecule has 2 aromatic rings. The summed E-state index contributed by atoms with van der Waals surface area (Å²) >= 11 is 5.01. The van der Waals surface area contributed by atoms with Crippen molar-refractivity contribution < 1.29 is 4.79 Å². The van der Waals surface area contributed by atoms with E-state index >= 15 is 0 Å². The first-order valence-corrected chi connectivity index (χ1v) is 6.93. The van der Waals surface area contributed by atoms with E-state index in [0.29, 0.717) is 17.9 Å². The molecule has 0 unspecified atom stereocenters. The van der Waals surface area contributed by atoms with Gasteiger partial charge in [-0.25, -0.2) is 4.98 Å². The summed E-state index contributed by atoms with van der Waals surface area (Å²) in [4.78, 5) is 18.8. The van der Waals surface area contributed by atoms with E-state index in [-0.39, 0.29) is 5.91 Å². The smallest absolute Gasteiger partial charge is 0.255 e. The Morgan fingerprint density at radius 3 is 2.89 bits per heavy atom. The Bertz CT molecular complexity index is 553. The van der Waals surface area contributed by atoms with Gasteiger partial charge in [0.25, 0.3) is 5.91 Å². The van der Waals surface area contributed by atoms with Crippen molar-refractivity contribution in [3.8, 4) is 0 Å². The molecule has 0 aliphatic carbocycles. The Hall–Kier alpha value is -1.40. The molecule has 0 fully saturated rings. The standard InChI is InChI=1S/C12H12BrN3OS/c1-16(6-10-4-9(13)7-18-10)12(17)8-2-3-11(14)15-5-8/h2-5,7H,6H2,1H3,(H2,14,15). The van der Waals surface area contributed by atoms with E-state index in [9.17, 15) is 4.79 Å². The molecular formula is C12H12BrN3OS. The van der Waals surface area contributed by atoms with Crippen molar-refractivity contribution in [2.45, 2.75) is 6.54 Å².